The number of carbonyl (C=O) groups is 1. The molecule has 176 valence electrons. The van der Waals surface area contributed by atoms with Crippen molar-refractivity contribution in [1.82, 2.24) is 10.3 Å². The van der Waals surface area contributed by atoms with E-state index in [-0.39, 0.29) is 12.2 Å². The van der Waals surface area contributed by atoms with Crippen LogP contribution in [0.25, 0.3) is 0 Å². The van der Waals surface area contributed by atoms with Crippen LogP contribution in [0, 0.1) is 5.92 Å². The predicted molar refractivity (Wildman–Crippen MR) is 120 cm³/mol. The summed E-state index contributed by atoms with van der Waals surface area (Å²) in [7, 11) is 0. The normalized spacial score (nSPS) is 13.7. The van der Waals surface area contributed by atoms with Crippen LogP contribution < -0.4 is 15.4 Å². The van der Waals surface area contributed by atoms with Crippen molar-refractivity contribution in [2.45, 2.75) is 51.9 Å². The van der Waals surface area contributed by atoms with Crippen LogP contribution in [0.1, 0.15) is 50.2 Å². The van der Waals surface area contributed by atoms with Gasteiger partial charge in [-0.15, -0.1) is 13.2 Å². The minimum absolute atomic E-state index is 0.250. The first-order valence-corrected chi connectivity index (χ1v) is 11.0. The Balaban J connectivity index is 0.00000114. The van der Waals surface area contributed by atoms with Gasteiger partial charge in [-0.3, -0.25) is 4.79 Å². The fourth-order valence-electron chi connectivity index (χ4n) is 3.29. The van der Waals surface area contributed by atoms with Gasteiger partial charge in [0.15, 0.2) is 0 Å². The summed E-state index contributed by atoms with van der Waals surface area (Å²) in [6.07, 6.45) is 1.11. The van der Waals surface area contributed by atoms with Crippen LogP contribution in [0.2, 0.25) is 0 Å². The highest BCUT2D eigenvalue weighted by atomic mass is 79.9. The maximum atomic E-state index is 12.4. The topological polar surface area (TPSA) is 83.5 Å². The molecule has 0 radical (unpaired) electrons. The van der Waals surface area contributed by atoms with Gasteiger partial charge in [-0.1, -0.05) is 20.3 Å². The first-order chi connectivity index (χ1) is 15.1. The average Bonchev–Trinajstić information content (AvgIpc) is 2.66. The van der Waals surface area contributed by atoms with Crippen LogP contribution in [0.3, 0.4) is 0 Å². The molecule has 0 spiro atoms. The van der Waals surface area contributed by atoms with Crippen LogP contribution in [0.5, 0.6) is 5.75 Å². The summed E-state index contributed by atoms with van der Waals surface area (Å²) in [6, 6.07) is 6.06. The number of pyridine rings is 1. The lowest BCUT2D eigenvalue weighted by Gasteiger charge is -2.26. The zero-order chi connectivity index (χ0) is 23.7. The van der Waals surface area contributed by atoms with Crippen molar-refractivity contribution in [3.05, 3.63) is 46.1 Å². The van der Waals surface area contributed by atoms with E-state index in [1.54, 1.807) is 0 Å². The molecule has 0 atom stereocenters. The molecular formula is C22H27BrF3N3O3. The standard InChI is InChI=1S/C21H25BrF3N3O.CH2O2/c1-13(2)17-9-20(27-12-15(17)11-26-10-14-4-3-5-14)28-19-7-6-16(8-18(19)22)29-21(23,24)25;2-1-3/h6-9,12-14,26H,3-5,10-11H2,1-2H3,(H,27,28);1H,(H,2,3). The Hall–Kier alpha value is -2.33. The SMILES string of the molecule is CC(C)c1cc(Nc2ccc(OC(F)(F)F)cc2Br)ncc1CNCC1CCC1.O=CO. The minimum Gasteiger partial charge on any atom is -0.483 e. The second kappa shape index (κ2) is 12.1. The molecule has 2 aromatic rings. The number of ether oxygens (including phenoxy) is 1. The number of rotatable bonds is 8. The van der Waals surface area contributed by atoms with Crippen molar-refractivity contribution >= 4 is 33.9 Å². The molecule has 1 aromatic carbocycles. The third-order valence-electron chi connectivity index (χ3n) is 5.05. The summed E-state index contributed by atoms with van der Waals surface area (Å²) in [5.74, 6) is 1.48. The van der Waals surface area contributed by atoms with Gasteiger partial charge in [0.2, 0.25) is 0 Å². The van der Waals surface area contributed by atoms with Crippen LogP contribution in [-0.2, 0) is 11.3 Å². The first-order valence-electron chi connectivity index (χ1n) is 10.2. The molecule has 32 heavy (non-hydrogen) atoms. The molecule has 3 N–H and O–H groups in total. The molecule has 10 heteroatoms. The van der Waals surface area contributed by atoms with E-state index in [0.717, 1.165) is 24.6 Å². The number of nitrogens with one attached hydrogen (secondary N) is 2. The summed E-state index contributed by atoms with van der Waals surface area (Å²) in [5, 5.41) is 13.6. The number of alkyl halides is 3. The summed E-state index contributed by atoms with van der Waals surface area (Å²) < 4.78 is 41.5. The lowest BCUT2D eigenvalue weighted by Crippen LogP contribution is -2.27. The smallest absolute Gasteiger partial charge is 0.483 e. The van der Waals surface area contributed by atoms with Crippen molar-refractivity contribution < 1.29 is 27.8 Å². The Bertz CT molecular complexity index is 890. The maximum Gasteiger partial charge on any atom is 0.573 e. The molecule has 1 heterocycles. The molecule has 6 nitrogen and oxygen atoms in total. The van der Waals surface area contributed by atoms with Gasteiger partial charge in [-0.25, -0.2) is 4.98 Å². The number of carboxylic acid groups (broad SMARTS) is 1. The van der Waals surface area contributed by atoms with Crippen LogP contribution in [0.4, 0.5) is 24.7 Å². The maximum absolute atomic E-state index is 12.4. The van der Waals surface area contributed by atoms with Gasteiger partial charge in [-0.05, 0) is 82.5 Å². The fraction of sp³-hybridized carbons (Fsp3) is 0.455. The Morgan fingerprint density at radius 2 is 2.00 bits per heavy atom. The predicted octanol–water partition coefficient (Wildman–Crippen LogP) is 6.20. The van der Waals surface area contributed by atoms with E-state index in [9.17, 15) is 13.2 Å². The van der Waals surface area contributed by atoms with Crippen molar-refractivity contribution in [2.24, 2.45) is 5.92 Å². The van der Waals surface area contributed by atoms with Crippen LogP contribution in [0.15, 0.2) is 34.9 Å². The monoisotopic (exact) mass is 517 g/mol. The Morgan fingerprint density at radius 3 is 2.53 bits per heavy atom. The fourth-order valence-corrected chi connectivity index (χ4v) is 3.75. The number of hydrogen-bond acceptors (Lipinski definition) is 5. The van der Waals surface area contributed by atoms with E-state index < -0.39 is 6.36 Å². The van der Waals surface area contributed by atoms with E-state index in [1.807, 2.05) is 12.3 Å². The number of nitrogens with zero attached hydrogens (tertiary/aromatic N) is 1. The zero-order valence-electron chi connectivity index (χ0n) is 17.9. The molecule has 3 rings (SSSR count). The molecule has 0 bridgehead atoms. The van der Waals surface area contributed by atoms with Gasteiger partial charge in [0.1, 0.15) is 11.6 Å². The van der Waals surface area contributed by atoms with Gasteiger partial charge in [0.25, 0.3) is 6.47 Å². The second-order valence-corrected chi connectivity index (χ2v) is 8.63. The Labute approximate surface area is 193 Å². The van der Waals surface area contributed by atoms with Crippen LogP contribution >= 0.6 is 15.9 Å². The molecule has 1 fully saturated rings. The second-order valence-electron chi connectivity index (χ2n) is 7.77. The molecule has 1 saturated carbocycles. The van der Waals surface area contributed by atoms with E-state index in [1.165, 1.54) is 43.0 Å². The molecule has 0 saturated heterocycles. The highest BCUT2D eigenvalue weighted by Crippen LogP contribution is 2.33. The van der Waals surface area contributed by atoms with Gasteiger partial charge >= 0.3 is 6.36 Å². The van der Waals surface area contributed by atoms with Gasteiger partial charge in [0.05, 0.1) is 5.69 Å². The number of anilines is 2. The van der Waals surface area contributed by atoms with Gasteiger partial charge in [0, 0.05) is 17.2 Å². The van der Waals surface area contributed by atoms with Crippen molar-refractivity contribution in [3.8, 4) is 5.75 Å². The van der Waals surface area contributed by atoms with E-state index in [0.29, 0.717) is 21.9 Å². The molecule has 0 aliphatic heterocycles. The number of halogens is 4. The summed E-state index contributed by atoms with van der Waals surface area (Å²) in [5.41, 5.74) is 2.97. The largest absolute Gasteiger partial charge is 0.573 e. The highest BCUT2D eigenvalue weighted by molar-refractivity contribution is 9.10. The lowest BCUT2D eigenvalue weighted by atomic mass is 9.85. The quantitative estimate of drug-likeness (QED) is 0.361. The van der Waals surface area contributed by atoms with Crippen molar-refractivity contribution in [1.29, 1.82) is 0 Å². The molecule has 1 aliphatic rings. The zero-order valence-corrected chi connectivity index (χ0v) is 19.5. The Morgan fingerprint density at radius 1 is 1.31 bits per heavy atom. The molecule has 0 amide bonds. The lowest BCUT2D eigenvalue weighted by molar-refractivity contribution is -0.274. The Kier molecular flexibility index (Phi) is 9.77. The van der Waals surface area contributed by atoms with E-state index in [2.05, 4.69) is 50.1 Å². The summed E-state index contributed by atoms with van der Waals surface area (Å²) in [6.45, 7) is 5.84. The third-order valence-corrected chi connectivity index (χ3v) is 5.71. The molecule has 0 unspecified atom stereocenters. The van der Waals surface area contributed by atoms with Gasteiger partial charge in [-0.2, -0.15) is 0 Å². The molecular weight excluding hydrogens is 491 g/mol. The number of aromatic nitrogens is 1. The third kappa shape index (κ3) is 8.31. The van der Waals surface area contributed by atoms with Gasteiger partial charge < -0.3 is 20.5 Å². The first kappa shape index (κ1) is 25.9. The minimum atomic E-state index is -4.72. The van der Waals surface area contributed by atoms with E-state index >= 15 is 0 Å². The average molecular weight is 518 g/mol. The van der Waals surface area contributed by atoms with Crippen molar-refractivity contribution in [2.75, 3.05) is 11.9 Å². The molecule has 1 aliphatic carbocycles. The van der Waals surface area contributed by atoms with Crippen molar-refractivity contribution in [3.63, 3.8) is 0 Å². The van der Waals surface area contributed by atoms with Crippen LogP contribution in [-0.4, -0.2) is 29.5 Å². The number of hydrogen-bond donors (Lipinski definition) is 3. The molecule has 1 aromatic heterocycles. The van der Waals surface area contributed by atoms with E-state index in [4.69, 9.17) is 9.90 Å². The number of benzene rings is 1. The highest BCUT2D eigenvalue weighted by Gasteiger charge is 2.31. The summed E-state index contributed by atoms with van der Waals surface area (Å²) in [4.78, 5) is 12.8. The summed E-state index contributed by atoms with van der Waals surface area (Å²) >= 11 is 3.29.